The van der Waals surface area contributed by atoms with Gasteiger partial charge in [-0.1, -0.05) is 29.8 Å². The number of hydrogen-bond acceptors (Lipinski definition) is 4. The summed E-state index contributed by atoms with van der Waals surface area (Å²) in [4.78, 5) is 21.5. The number of carboxylic acids is 1. The van der Waals surface area contributed by atoms with Gasteiger partial charge in [-0.15, -0.1) is 0 Å². The lowest BCUT2D eigenvalue weighted by Crippen LogP contribution is -2.10. The highest BCUT2D eigenvalue weighted by Gasteiger charge is 2.23. The van der Waals surface area contributed by atoms with E-state index in [9.17, 15) is 20.0 Å². The molecule has 6 nitrogen and oxygen atoms in total. The van der Waals surface area contributed by atoms with Gasteiger partial charge in [-0.2, -0.15) is 0 Å². The number of carboxylic acid groups (broad SMARTS) is 1. The molecule has 2 aromatic rings. The van der Waals surface area contributed by atoms with Gasteiger partial charge in [-0.25, -0.2) is 4.79 Å². The Balaban J connectivity index is 2.30. The molecule has 0 unspecified atom stereocenters. The molecule has 0 aliphatic carbocycles. The molecule has 0 heterocycles. The van der Waals surface area contributed by atoms with Crippen LogP contribution in [0.15, 0.2) is 42.5 Å². The van der Waals surface area contributed by atoms with E-state index in [1.165, 1.54) is 18.2 Å². The Hall–Kier alpha value is -2.60. The average molecular weight is 307 g/mol. The summed E-state index contributed by atoms with van der Waals surface area (Å²) in [6, 6.07) is 11.1. The second kappa shape index (κ2) is 6.23. The van der Waals surface area contributed by atoms with Crippen molar-refractivity contribution in [3.05, 3.63) is 68.7 Å². The molecule has 0 saturated heterocycles. The summed E-state index contributed by atoms with van der Waals surface area (Å²) in [5.41, 5.74) is 0.298. The first-order valence-corrected chi connectivity index (χ1v) is 6.36. The number of benzene rings is 2. The van der Waals surface area contributed by atoms with Crippen molar-refractivity contribution in [1.29, 1.82) is 0 Å². The number of nitrogens with zero attached hydrogens (tertiary/aromatic N) is 1. The van der Waals surface area contributed by atoms with Gasteiger partial charge in [0.25, 0.3) is 5.69 Å². The van der Waals surface area contributed by atoms with Gasteiger partial charge in [0.05, 0.1) is 4.92 Å². The van der Waals surface area contributed by atoms with Crippen LogP contribution in [0.4, 0.5) is 11.4 Å². The van der Waals surface area contributed by atoms with Crippen molar-refractivity contribution in [3.63, 3.8) is 0 Å². The van der Waals surface area contributed by atoms with Gasteiger partial charge in [0.2, 0.25) is 0 Å². The predicted molar refractivity (Wildman–Crippen MR) is 78.8 cm³/mol. The van der Waals surface area contributed by atoms with Crippen molar-refractivity contribution < 1.29 is 14.8 Å². The molecule has 0 fully saturated rings. The van der Waals surface area contributed by atoms with Gasteiger partial charge >= 0.3 is 5.97 Å². The first kappa shape index (κ1) is 14.8. The Morgan fingerprint density at radius 1 is 1.29 bits per heavy atom. The molecule has 0 aliphatic heterocycles. The number of hydrogen-bond donors (Lipinski definition) is 2. The third kappa shape index (κ3) is 3.49. The van der Waals surface area contributed by atoms with Crippen LogP contribution in [0.2, 0.25) is 5.02 Å². The smallest absolute Gasteiger partial charge is 0.343 e. The van der Waals surface area contributed by atoms with Crippen molar-refractivity contribution in [2.24, 2.45) is 0 Å². The zero-order chi connectivity index (χ0) is 15.4. The van der Waals surface area contributed by atoms with Gasteiger partial charge < -0.3 is 10.4 Å². The number of rotatable bonds is 5. The van der Waals surface area contributed by atoms with E-state index in [4.69, 9.17) is 11.6 Å². The molecule has 0 spiro atoms. The van der Waals surface area contributed by atoms with Gasteiger partial charge in [0, 0.05) is 23.3 Å². The molecule has 108 valence electrons. The number of halogens is 1. The maximum atomic E-state index is 11.3. The topological polar surface area (TPSA) is 92.5 Å². The number of aromatic carboxylic acids is 1. The molecular formula is C14H11ClN2O4. The van der Waals surface area contributed by atoms with E-state index in [-0.39, 0.29) is 12.1 Å². The molecule has 0 bridgehead atoms. The number of nitrogens with one attached hydrogen (secondary N) is 1. The van der Waals surface area contributed by atoms with Gasteiger partial charge in [0.15, 0.2) is 0 Å². The van der Waals surface area contributed by atoms with Crippen molar-refractivity contribution in [1.82, 2.24) is 0 Å². The maximum Gasteiger partial charge on any atom is 0.343 e. The molecule has 0 amide bonds. The minimum atomic E-state index is -1.33. The van der Waals surface area contributed by atoms with Crippen molar-refractivity contribution >= 4 is 28.9 Å². The van der Waals surface area contributed by atoms with Crippen LogP contribution in [0.1, 0.15) is 15.9 Å². The largest absolute Gasteiger partial charge is 0.477 e. The van der Waals surface area contributed by atoms with Crippen LogP contribution in [0.25, 0.3) is 0 Å². The summed E-state index contributed by atoms with van der Waals surface area (Å²) in [6.07, 6.45) is 0. The lowest BCUT2D eigenvalue weighted by molar-refractivity contribution is -0.385. The van der Waals surface area contributed by atoms with Crippen molar-refractivity contribution in [3.8, 4) is 0 Å². The summed E-state index contributed by atoms with van der Waals surface area (Å²) in [5, 5.41) is 23.6. The fraction of sp³-hybridized carbons (Fsp3) is 0.0714. The lowest BCUT2D eigenvalue weighted by Gasteiger charge is -2.09. The van der Waals surface area contributed by atoms with Crippen LogP contribution in [0.5, 0.6) is 0 Å². The summed E-state index contributed by atoms with van der Waals surface area (Å²) >= 11 is 5.85. The minimum Gasteiger partial charge on any atom is -0.477 e. The summed E-state index contributed by atoms with van der Waals surface area (Å²) in [6.45, 7) is 0.143. The molecule has 7 heteroatoms. The first-order chi connectivity index (χ1) is 9.99. The highest BCUT2D eigenvalue weighted by atomic mass is 35.5. The van der Waals surface area contributed by atoms with E-state index in [1.807, 2.05) is 0 Å². The molecule has 2 N–H and O–H groups in total. The molecule has 2 aromatic carbocycles. The third-order valence-electron chi connectivity index (χ3n) is 2.85. The zero-order valence-electron chi connectivity index (χ0n) is 10.7. The lowest BCUT2D eigenvalue weighted by atomic mass is 10.1. The Morgan fingerprint density at radius 3 is 2.62 bits per heavy atom. The zero-order valence-corrected chi connectivity index (χ0v) is 11.5. The van der Waals surface area contributed by atoms with Crippen molar-refractivity contribution in [2.45, 2.75) is 6.54 Å². The number of carbonyl (C=O) groups is 1. The van der Waals surface area contributed by atoms with E-state index >= 15 is 0 Å². The SMILES string of the molecule is O=C(O)c1c(CNc2cccc(Cl)c2)cccc1[N+](=O)[O-]. The molecule has 0 aromatic heterocycles. The fourth-order valence-corrected chi connectivity index (χ4v) is 2.12. The molecular weight excluding hydrogens is 296 g/mol. The van der Waals surface area contributed by atoms with Gasteiger partial charge in [0.1, 0.15) is 5.56 Å². The Morgan fingerprint density at radius 2 is 2.00 bits per heavy atom. The van der Waals surface area contributed by atoms with Crippen LogP contribution in [-0.2, 0) is 6.54 Å². The van der Waals surface area contributed by atoms with Gasteiger partial charge in [-0.3, -0.25) is 10.1 Å². The third-order valence-corrected chi connectivity index (χ3v) is 3.08. The number of nitro benzene ring substituents is 1. The van der Waals surface area contributed by atoms with Crippen LogP contribution in [0, 0.1) is 10.1 Å². The summed E-state index contributed by atoms with van der Waals surface area (Å²) < 4.78 is 0. The minimum absolute atomic E-state index is 0.143. The Kier molecular flexibility index (Phi) is 4.39. The molecule has 0 saturated carbocycles. The van der Waals surface area contributed by atoms with Crippen LogP contribution < -0.4 is 5.32 Å². The molecule has 21 heavy (non-hydrogen) atoms. The molecule has 0 aliphatic rings. The van der Waals surface area contributed by atoms with Crippen molar-refractivity contribution in [2.75, 3.05) is 5.32 Å². The molecule has 2 rings (SSSR count). The van der Waals surface area contributed by atoms with E-state index < -0.39 is 16.6 Å². The van der Waals surface area contributed by atoms with Crippen LogP contribution in [-0.4, -0.2) is 16.0 Å². The summed E-state index contributed by atoms with van der Waals surface area (Å²) in [7, 11) is 0. The maximum absolute atomic E-state index is 11.3. The molecule has 0 atom stereocenters. The molecule has 0 radical (unpaired) electrons. The fourth-order valence-electron chi connectivity index (χ4n) is 1.93. The summed E-state index contributed by atoms with van der Waals surface area (Å²) in [5.74, 6) is -1.33. The Bertz CT molecular complexity index is 703. The van der Waals surface area contributed by atoms with Crippen LogP contribution >= 0.6 is 11.6 Å². The van der Waals surface area contributed by atoms with Gasteiger partial charge in [-0.05, 0) is 23.8 Å². The second-order valence-corrected chi connectivity index (χ2v) is 4.67. The number of anilines is 1. The normalized spacial score (nSPS) is 10.1. The van der Waals surface area contributed by atoms with E-state index in [0.29, 0.717) is 16.3 Å². The first-order valence-electron chi connectivity index (χ1n) is 5.98. The monoisotopic (exact) mass is 306 g/mol. The van der Waals surface area contributed by atoms with Crippen LogP contribution in [0.3, 0.4) is 0 Å². The van der Waals surface area contributed by atoms with E-state index in [1.54, 1.807) is 24.3 Å². The van der Waals surface area contributed by atoms with E-state index in [0.717, 1.165) is 0 Å². The Labute approximate surface area is 125 Å². The predicted octanol–water partition coefficient (Wildman–Crippen LogP) is 3.56. The average Bonchev–Trinajstić information content (AvgIpc) is 2.44. The highest BCUT2D eigenvalue weighted by Crippen LogP contribution is 2.24. The highest BCUT2D eigenvalue weighted by molar-refractivity contribution is 6.30. The standard InChI is InChI=1S/C14H11ClN2O4/c15-10-4-2-5-11(7-10)16-8-9-3-1-6-12(17(20)21)13(9)14(18)19/h1-7,16H,8H2,(H,18,19). The quantitative estimate of drug-likeness (QED) is 0.651. The second-order valence-electron chi connectivity index (χ2n) is 4.24. The number of nitro groups is 1. The van der Waals surface area contributed by atoms with E-state index in [2.05, 4.69) is 5.32 Å².